The molecule has 1 nitrogen and oxygen atoms in total. The Morgan fingerprint density at radius 1 is 0.889 bits per heavy atom. The predicted octanol–water partition coefficient (Wildman–Crippen LogP) is 4.79. The Balaban J connectivity index is 0.000000574. The molecule has 2 fully saturated rings. The number of rotatable bonds is 1. The van der Waals surface area contributed by atoms with Crippen molar-refractivity contribution < 1.29 is 0 Å². The molecule has 0 spiro atoms. The summed E-state index contributed by atoms with van der Waals surface area (Å²) in [4.78, 5) is 2.78. The Kier molecular flexibility index (Phi) is 5.25. The molecule has 2 unspecified atom stereocenters. The number of nitrogens with zero attached hydrogens (tertiary/aromatic N) is 1. The lowest BCUT2D eigenvalue weighted by Gasteiger charge is -2.45. The molecule has 0 radical (unpaired) electrons. The SMILES string of the molecule is CC.c1ccc(C2CCCC3CCCCN32)cc1. The van der Waals surface area contributed by atoms with Crippen molar-refractivity contribution in [3.8, 4) is 0 Å². The standard InChI is InChI=1S/C15H21N.C2H6/c1-2-7-13(8-3-1)15-11-6-10-14-9-4-5-12-16(14)15;1-2/h1-3,7-8,14-15H,4-6,9-12H2;1-2H3. The molecule has 2 saturated heterocycles. The largest absolute Gasteiger partial charge is 0.293 e. The third kappa shape index (κ3) is 2.95. The van der Waals surface area contributed by atoms with Gasteiger partial charge in [0.05, 0.1) is 0 Å². The second kappa shape index (κ2) is 6.94. The van der Waals surface area contributed by atoms with Gasteiger partial charge in [0.25, 0.3) is 0 Å². The molecule has 0 N–H and O–H groups in total. The Morgan fingerprint density at radius 2 is 1.61 bits per heavy atom. The van der Waals surface area contributed by atoms with Crippen molar-refractivity contribution in [1.82, 2.24) is 4.90 Å². The lowest BCUT2D eigenvalue weighted by molar-refractivity contribution is 0.0518. The predicted molar refractivity (Wildman–Crippen MR) is 78.7 cm³/mol. The lowest BCUT2D eigenvalue weighted by Crippen LogP contribution is -2.44. The van der Waals surface area contributed by atoms with Gasteiger partial charge in [0.2, 0.25) is 0 Å². The van der Waals surface area contributed by atoms with Gasteiger partial charge in [0.15, 0.2) is 0 Å². The topological polar surface area (TPSA) is 3.24 Å². The summed E-state index contributed by atoms with van der Waals surface area (Å²) in [6, 6.07) is 12.7. The first-order chi connectivity index (χ1) is 8.95. The van der Waals surface area contributed by atoms with Gasteiger partial charge in [-0.25, -0.2) is 0 Å². The van der Waals surface area contributed by atoms with Gasteiger partial charge in [-0.05, 0) is 44.2 Å². The van der Waals surface area contributed by atoms with E-state index in [1.54, 1.807) is 0 Å². The van der Waals surface area contributed by atoms with Gasteiger partial charge in [-0.2, -0.15) is 0 Å². The summed E-state index contributed by atoms with van der Waals surface area (Å²) in [6.45, 7) is 5.32. The molecule has 2 heterocycles. The highest BCUT2D eigenvalue weighted by Crippen LogP contribution is 2.38. The minimum atomic E-state index is 0.709. The van der Waals surface area contributed by atoms with Crippen LogP contribution in [0, 0.1) is 0 Å². The molecule has 18 heavy (non-hydrogen) atoms. The molecule has 2 aliphatic rings. The number of fused-ring (bicyclic) bond motifs is 1. The molecule has 0 aliphatic carbocycles. The van der Waals surface area contributed by atoms with Crippen LogP contribution in [0.3, 0.4) is 0 Å². The number of piperidine rings is 2. The fourth-order valence-corrected chi connectivity index (χ4v) is 3.49. The highest BCUT2D eigenvalue weighted by molar-refractivity contribution is 5.20. The van der Waals surface area contributed by atoms with Crippen molar-refractivity contribution in [3.63, 3.8) is 0 Å². The molecule has 1 aromatic rings. The van der Waals surface area contributed by atoms with Crippen LogP contribution in [0.2, 0.25) is 0 Å². The highest BCUT2D eigenvalue weighted by atomic mass is 15.2. The summed E-state index contributed by atoms with van der Waals surface area (Å²) in [5.74, 6) is 0. The number of benzene rings is 1. The van der Waals surface area contributed by atoms with E-state index in [9.17, 15) is 0 Å². The maximum atomic E-state index is 2.78. The van der Waals surface area contributed by atoms with E-state index in [0.29, 0.717) is 6.04 Å². The summed E-state index contributed by atoms with van der Waals surface area (Å²) in [5.41, 5.74) is 1.54. The molecule has 3 rings (SSSR count). The third-order valence-electron chi connectivity index (χ3n) is 4.27. The Hall–Kier alpha value is -0.820. The van der Waals surface area contributed by atoms with Crippen LogP contribution in [0.5, 0.6) is 0 Å². The van der Waals surface area contributed by atoms with Crippen LogP contribution in [0.25, 0.3) is 0 Å². The first-order valence-electron chi connectivity index (χ1n) is 7.76. The van der Waals surface area contributed by atoms with E-state index < -0.39 is 0 Å². The molecule has 2 atom stereocenters. The molecule has 1 aromatic carbocycles. The van der Waals surface area contributed by atoms with Gasteiger partial charge in [-0.3, -0.25) is 4.90 Å². The smallest absolute Gasteiger partial charge is 0.0351 e. The van der Waals surface area contributed by atoms with Crippen LogP contribution >= 0.6 is 0 Å². The fraction of sp³-hybridized carbons (Fsp3) is 0.647. The third-order valence-corrected chi connectivity index (χ3v) is 4.27. The maximum Gasteiger partial charge on any atom is 0.0351 e. The summed E-state index contributed by atoms with van der Waals surface area (Å²) in [5, 5.41) is 0. The van der Waals surface area contributed by atoms with Gasteiger partial charge in [0.1, 0.15) is 0 Å². The minimum Gasteiger partial charge on any atom is -0.293 e. The van der Waals surface area contributed by atoms with Crippen LogP contribution in [-0.2, 0) is 0 Å². The lowest BCUT2D eigenvalue weighted by atomic mass is 9.86. The van der Waals surface area contributed by atoms with Crippen molar-refractivity contribution in [1.29, 1.82) is 0 Å². The number of hydrogen-bond donors (Lipinski definition) is 0. The van der Waals surface area contributed by atoms with E-state index in [-0.39, 0.29) is 0 Å². The molecule has 0 aromatic heterocycles. The van der Waals surface area contributed by atoms with Crippen molar-refractivity contribution in [2.75, 3.05) is 6.54 Å². The Morgan fingerprint density at radius 3 is 2.39 bits per heavy atom. The molecular formula is C17H27N. The summed E-state index contributed by atoms with van der Waals surface area (Å²) in [6.07, 6.45) is 8.50. The summed E-state index contributed by atoms with van der Waals surface area (Å²) < 4.78 is 0. The van der Waals surface area contributed by atoms with Gasteiger partial charge in [0, 0.05) is 12.1 Å². The van der Waals surface area contributed by atoms with Crippen LogP contribution in [0.15, 0.2) is 30.3 Å². The molecular weight excluding hydrogens is 218 g/mol. The van der Waals surface area contributed by atoms with Crippen LogP contribution < -0.4 is 0 Å². The second-order valence-corrected chi connectivity index (χ2v) is 5.24. The second-order valence-electron chi connectivity index (χ2n) is 5.24. The van der Waals surface area contributed by atoms with Crippen molar-refractivity contribution >= 4 is 0 Å². The van der Waals surface area contributed by atoms with Crippen molar-refractivity contribution in [2.45, 2.75) is 64.5 Å². The number of hydrogen-bond acceptors (Lipinski definition) is 1. The fourth-order valence-electron chi connectivity index (χ4n) is 3.49. The van der Waals surface area contributed by atoms with Crippen LogP contribution in [-0.4, -0.2) is 17.5 Å². The van der Waals surface area contributed by atoms with Gasteiger partial charge in [-0.15, -0.1) is 0 Å². The average molecular weight is 245 g/mol. The molecule has 1 heteroatoms. The van der Waals surface area contributed by atoms with E-state index in [4.69, 9.17) is 0 Å². The normalized spacial score (nSPS) is 27.9. The molecule has 0 bridgehead atoms. The van der Waals surface area contributed by atoms with E-state index in [1.807, 2.05) is 13.8 Å². The van der Waals surface area contributed by atoms with Crippen LogP contribution in [0.1, 0.15) is 64.0 Å². The Bertz CT molecular complexity index is 331. The van der Waals surface area contributed by atoms with Gasteiger partial charge >= 0.3 is 0 Å². The zero-order valence-electron chi connectivity index (χ0n) is 11.9. The quantitative estimate of drug-likeness (QED) is 0.687. The maximum absolute atomic E-state index is 2.78. The van der Waals surface area contributed by atoms with E-state index in [0.717, 1.165) is 6.04 Å². The first-order valence-corrected chi connectivity index (χ1v) is 7.76. The average Bonchev–Trinajstić information content (AvgIpc) is 2.50. The summed E-state index contributed by atoms with van der Waals surface area (Å²) in [7, 11) is 0. The van der Waals surface area contributed by atoms with Crippen molar-refractivity contribution in [3.05, 3.63) is 35.9 Å². The summed E-state index contributed by atoms with van der Waals surface area (Å²) >= 11 is 0. The molecule has 0 saturated carbocycles. The van der Waals surface area contributed by atoms with Gasteiger partial charge in [-0.1, -0.05) is 50.6 Å². The zero-order chi connectivity index (χ0) is 12.8. The molecule has 2 aliphatic heterocycles. The van der Waals surface area contributed by atoms with E-state index >= 15 is 0 Å². The minimum absolute atomic E-state index is 0.709. The zero-order valence-corrected chi connectivity index (χ0v) is 11.9. The molecule has 100 valence electrons. The van der Waals surface area contributed by atoms with Gasteiger partial charge < -0.3 is 0 Å². The van der Waals surface area contributed by atoms with E-state index in [1.165, 1.54) is 50.6 Å². The Labute approximate surface area is 112 Å². The first kappa shape index (κ1) is 13.6. The van der Waals surface area contributed by atoms with Crippen LogP contribution in [0.4, 0.5) is 0 Å². The van der Waals surface area contributed by atoms with E-state index in [2.05, 4.69) is 35.2 Å². The van der Waals surface area contributed by atoms with Crippen molar-refractivity contribution in [2.24, 2.45) is 0 Å². The molecule has 0 amide bonds. The highest BCUT2D eigenvalue weighted by Gasteiger charge is 2.32. The monoisotopic (exact) mass is 245 g/mol.